The molecule has 86 valence electrons. The molecule has 1 aliphatic heterocycles. The highest BCUT2D eigenvalue weighted by molar-refractivity contribution is 7.15. The first kappa shape index (κ1) is 11.3. The van der Waals surface area contributed by atoms with Crippen molar-refractivity contribution < 1.29 is 9.53 Å². The van der Waals surface area contributed by atoms with Crippen LogP contribution in [0.4, 0.5) is 5.13 Å². The molecule has 0 aliphatic carbocycles. The number of carbonyl (C=O) groups excluding carboxylic acids is 1. The zero-order chi connectivity index (χ0) is 11.2. The van der Waals surface area contributed by atoms with Crippen LogP contribution in [-0.2, 0) is 16.0 Å². The largest absolute Gasteiger partial charge is 0.378 e. The Morgan fingerprint density at radius 2 is 2.38 bits per heavy atom. The molecule has 0 spiro atoms. The average molecular weight is 239 g/mol. The third-order valence-electron chi connectivity index (χ3n) is 2.36. The van der Waals surface area contributed by atoms with Crippen molar-refractivity contribution in [1.29, 1.82) is 0 Å². The lowest BCUT2D eigenvalue weighted by molar-refractivity contribution is 0.122. The Bertz CT molecular complexity index is 381. The second kappa shape index (κ2) is 5.75. The Hall–Kier alpha value is -1.23. The van der Waals surface area contributed by atoms with Gasteiger partial charge in [0.2, 0.25) is 6.08 Å². The molecule has 0 saturated carbocycles. The van der Waals surface area contributed by atoms with E-state index in [0.717, 1.165) is 42.7 Å². The van der Waals surface area contributed by atoms with Gasteiger partial charge in [0, 0.05) is 30.6 Å². The molecular formula is C10H13N3O2S. The summed E-state index contributed by atoms with van der Waals surface area (Å²) < 4.78 is 5.28. The quantitative estimate of drug-likeness (QED) is 0.577. The minimum absolute atomic E-state index is 0.494. The van der Waals surface area contributed by atoms with Gasteiger partial charge in [-0.15, -0.1) is 11.3 Å². The second-order valence-electron chi connectivity index (χ2n) is 3.43. The number of hydrogen-bond acceptors (Lipinski definition) is 6. The van der Waals surface area contributed by atoms with E-state index < -0.39 is 0 Å². The van der Waals surface area contributed by atoms with Crippen LogP contribution < -0.4 is 4.90 Å². The molecule has 5 nitrogen and oxygen atoms in total. The van der Waals surface area contributed by atoms with Gasteiger partial charge in [0.25, 0.3) is 0 Å². The summed E-state index contributed by atoms with van der Waals surface area (Å²) in [6.45, 7) is 3.84. The first-order chi connectivity index (χ1) is 7.90. The van der Waals surface area contributed by atoms with Gasteiger partial charge in [-0.1, -0.05) is 0 Å². The first-order valence-electron chi connectivity index (χ1n) is 5.21. The molecule has 6 heteroatoms. The Morgan fingerprint density at radius 1 is 1.56 bits per heavy atom. The maximum atomic E-state index is 9.92. The van der Waals surface area contributed by atoms with E-state index in [1.54, 1.807) is 17.4 Å². The molecule has 0 radical (unpaired) electrons. The normalized spacial score (nSPS) is 15.9. The molecule has 2 heterocycles. The van der Waals surface area contributed by atoms with Crippen LogP contribution in [0.2, 0.25) is 0 Å². The molecule has 0 unspecified atom stereocenters. The zero-order valence-electron chi connectivity index (χ0n) is 8.89. The summed E-state index contributed by atoms with van der Waals surface area (Å²) in [5, 5.41) is 1.04. The highest BCUT2D eigenvalue weighted by atomic mass is 32.1. The lowest BCUT2D eigenvalue weighted by Crippen LogP contribution is -2.36. The summed E-state index contributed by atoms with van der Waals surface area (Å²) in [6, 6.07) is 0. The van der Waals surface area contributed by atoms with E-state index in [1.165, 1.54) is 0 Å². The Kier molecular flexibility index (Phi) is 4.04. The monoisotopic (exact) mass is 239 g/mol. The van der Waals surface area contributed by atoms with Gasteiger partial charge >= 0.3 is 0 Å². The number of aromatic nitrogens is 1. The number of morpholine rings is 1. The minimum atomic E-state index is 0.494. The summed E-state index contributed by atoms with van der Waals surface area (Å²) >= 11 is 1.66. The van der Waals surface area contributed by atoms with Crippen LogP contribution in [-0.4, -0.2) is 43.9 Å². The number of anilines is 1. The predicted octanol–water partition coefficient (Wildman–Crippen LogP) is 0.858. The van der Waals surface area contributed by atoms with E-state index >= 15 is 0 Å². The summed E-state index contributed by atoms with van der Waals surface area (Å²) in [5.74, 6) is 0. The first-order valence-corrected chi connectivity index (χ1v) is 6.03. The SMILES string of the molecule is O=C=NCCc1cnc(N2CCOCC2)s1. The molecule has 0 atom stereocenters. The van der Waals surface area contributed by atoms with Crippen LogP contribution in [0, 0.1) is 0 Å². The van der Waals surface area contributed by atoms with Gasteiger partial charge in [-0.25, -0.2) is 14.8 Å². The highest BCUT2D eigenvalue weighted by Crippen LogP contribution is 2.23. The van der Waals surface area contributed by atoms with Gasteiger partial charge in [-0.3, -0.25) is 0 Å². The maximum absolute atomic E-state index is 9.92. The van der Waals surface area contributed by atoms with Crippen LogP contribution in [0.3, 0.4) is 0 Å². The van der Waals surface area contributed by atoms with Crippen molar-refractivity contribution in [1.82, 2.24) is 4.98 Å². The number of nitrogens with zero attached hydrogens (tertiary/aromatic N) is 3. The summed E-state index contributed by atoms with van der Waals surface area (Å²) in [5.41, 5.74) is 0. The summed E-state index contributed by atoms with van der Waals surface area (Å²) in [4.78, 5) is 21.2. The Labute approximate surface area is 97.8 Å². The number of hydrogen-bond donors (Lipinski definition) is 0. The van der Waals surface area contributed by atoms with Crippen molar-refractivity contribution in [3.05, 3.63) is 11.1 Å². The molecule has 16 heavy (non-hydrogen) atoms. The number of rotatable bonds is 4. The summed E-state index contributed by atoms with van der Waals surface area (Å²) in [7, 11) is 0. The van der Waals surface area contributed by atoms with E-state index in [9.17, 15) is 4.79 Å². The van der Waals surface area contributed by atoms with Crippen molar-refractivity contribution in [2.45, 2.75) is 6.42 Å². The third kappa shape index (κ3) is 2.88. The van der Waals surface area contributed by atoms with Gasteiger partial charge in [-0.05, 0) is 0 Å². The lowest BCUT2D eigenvalue weighted by Gasteiger charge is -2.25. The van der Waals surface area contributed by atoms with E-state index in [2.05, 4.69) is 14.9 Å². The van der Waals surface area contributed by atoms with E-state index in [-0.39, 0.29) is 0 Å². The van der Waals surface area contributed by atoms with Crippen LogP contribution >= 0.6 is 11.3 Å². The molecule has 1 aromatic heterocycles. The molecule has 0 N–H and O–H groups in total. The molecule has 1 saturated heterocycles. The van der Waals surface area contributed by atoms with Crippen molar-refractivity contribution in [3.63, 3.8) is 0 Å². The Balaban J connectivity index is 1.92. The van der Waals surface area contributed by atoms with E-state index in [0.29, 0.717) is 6.54 Å². The molecule has 1 aromatic rings. The predicted molar refractivity (Wildman–Crippen MR) is 61.8 cm³/mol. The van der Waals surface area contributed by atoms with Crippen molar-refractivity contribution in [2.24, 2.45) is 4.99 Å². The van der Waals surface area contributed by atoms with E-state index in [4.69, 9.17) is 4.74 Å². The van der Waals surface area contributed by atoms with Crippen molar-refractivity contribution in [2.75, 3.05) is 37.7 Å². The fraction of sp³-hybridized carbons (Fsp3) is 0.600. The standard InChI is InChI=1S/C10H13N3O2S/c14-8-11-2-1-9-7-12-10(16-9)13-3-5-15-6-4-13/h7H,1-6H2. The number of ether oxygens (including phenoxy) is 1. The molecule has 2 rings (SSSR count). The fourth-order valence-electron chi connectivity index (χ4n) is 1.53. The van der Waals surface area contributed by atoms with Crippen LogP contribution in [0.15, 0.2) is 11.2 Å². The van der Waals surface area contributed by atoms with Gasteiger partial charge in [0.05, 0.1) is 19.8 Å². The van der Waals surface area contributed by atoms with Crippen molar-refractivity contribution in [3.8, 4) is 0 Å². The minimum Gasteiger partial charge on any atom is -0.378 e. The average Bonchev–Trinajstić information content (AvgIpc) is 2.79. The molecular weight excluding hydrogens is 226 g/mol. The molecule has 0 bridgehead atoms. The van der Waals surface area contributed by atoms with E-state index in [1.807, 2.05) is 6.20 Å². The molecule has 1 fully saturated rings. The molecule has 0 amide bonds. The summed E-state index contributed by atoms with van der Waals surface area (Å²) in [6.07, 6.45) is 4.16. The number of thiazole rings is 1. The maximum Gasteiger partial charge on any atom is 0.234 e. The van der Waals surface area contributed by atoms with Crippen molar-refractivity contribution >= 4 is 22.5 Å². The van der Waals surface area contributed by atoms with Gasteiger partial charge in [-0.2, -0.15) is 0 Å². The van der Waals surface area contributed by atoms with Gasteiger partial charge in [0.15, 0.2) is 5.13 Å². The van der Waals surface area contributed by atoms with Crippen LogP contribution in [0.5, 0.6) is 0 Å². The lowest BCUT2D eigenvalue weighted by atomic mass is 10.4. The fourth-order valence-corrected chi connectivity index (χ4v) is 2.48. The number of aliphatic imine (C=N–C) groups is 1. The van der Waals surface area contributed by atoms with Gasteiger partial charge in [0.1, 0.15) is 0 Å². The molecule has 0 aromatic carbocycles. The third-order valence-corrected chi connectivity index (χ3v) is 3.48. The smallest absolute Gasteiger partial charge is 0.234 e. The Morgan fingerprint density at radius 3 is 3.12 bits per heavy atom. The van der Waals surface area contributed by atoms with Crippen LogP contribution in [0.25, 0.3) is 0 Å². The number of isocyanates is 1. The zero-order valence-corrected chi connectivity index (χ0v) is 9.70. The van der Waals surface area contributed by atoms with Gasteiger partial charge < -0.3 is 9.64 Å². The second-order valence-corrected chi connectivity index (χ2v) is 4.53. The highest BCUT2D eigenvalue weighted by Gasteiger charge is 2.14. The topological polar surface area (TPSA) is 54.8 Å². The molecule has 1 aliphatic rings. The van der Waals surface area contributed by atoms with Crippen LogP contribution in [0.1, 0.15) is 4.88 Å².